The van der Waals surface area contributed by atoms with Crippen LogP contribution in [0.4, 0.5) is 0 Å². The topological polar surface area (TPSA) is 50.9 Å². The zero-order valence-corrected chi connectivity index (χ0v) is 13.0. The number of benzene rings is 1. The van der Waals surface area contributed by atoms with Crippen molar-refractivity contribution < 1.29 is 0 Å². The van der Waals surface area contributed by atoms with E-state index >= 15 is 0 Å². The van der Waals surface area contributed by atoms with E-state index in [1.54, 1.807) is 24.4 Å². The van der Waals surface area contributed by atoms with Gasteiger partial charge in [0.2, 0.25) is 0 Å². The summed E-state index contributed by atoms with van der Waals surface area (Å²) in [6, 6.07) is 9.07. The Kier molecular flexibility index (Phi) is 5.19. The Morgan fingerprint density at radius 2 is 1.89 bits per heavy atom. The fraction of sp³-hybridized carbons (Fsp3) is 0.154. The maximum Gasteiger partial charge on any atom is 0.0544 e. The van der Waals surface area contributed by atoms with Crippen molar-refractivity contribution in [2.24, 2.45) is 5.84 Å². The van der Waals surface area contributed by atoms with Crippen molar-refractivity contribution in [3.63, 3.8) is 0 Å². The molecular weight excluding hydrogens is 349 g/mol. The van der Waals surface area contributed by atoms with Crippen LogP contribution in [0.2, 0.25) is 10.0 Å². The van der Waals surface area contributed by atoms with Crippen LogP contribution in [0.3, 0.4) is 0 Å². The lowest BCUT2D eigenvalue weighted by Crippen LogP contribution is -2.30. The first-order valence-electron chi connectivity index (χ1n) is 5.62. The molecule has 0 fully saturated rings. The second-order valence-corrected chi connectivity index (χ2v) is 5.76. The molecule has 2 aromatic rings. The molecule has 1 unspecified atom stereocenters. The molecule has 3 N–H and O–H groups in total. The third-order valence-electron chi connectivity index (χ3n) is 2.75. The highest BCUT2D eigenvalue weighted by atomic mass is 79.9. The molecular formula is C13H12BrCl2N3. The second kappa shape index (κ2) is 6.68. The molecule has 1 aromatic heterocycles. The third kappa shape index (κ3) is 3.68. The van der Waals surface area contributed by atoms with E-state index in [9.17, 15) is 0 Å². The number of hydrogen-bond donors (Lipinski definition) is 2. The monoisotopic (exact) mass is 359 g/mol. The largest absolute Gasteiger partial charge is 0.271 e. The van der Waals surface area contributed by atoms with Crippen molar-refractivity contribution in [2.45, 2.75) is 12.5 Å². The summed E-state index contributed by atoms with van der Waals surface area (Å²) in [7, 11) is 0. The van der Waals surface area contributed by atoms with E-state index < -0.39 is 0 Å². The number of aromatic nitrogens is 1. The Hall–Kier alpha value is -0.650. The Labute approximate surface area is 130 Å². The first-order chi connectivity index (χ1) is 9.11. The van der Waals surface area contributed by atoms with Crippen molar-refractivity contribution in [3.8, 4) is 0 Å². The Morgan fingerprint density at radius 3 is 2.42 bits per heavy atom. The van der Waals surface area contributed by atoms with E-state index in [1.807, 2.05) is 12.1 Å². The smallest absolute Gasteiger partial charge is 0.0544 e. The molecule has 100 valence electrons. The van der Waals surface area contributed by atoms with Gasteiger partial charge in [-0.1, -0.05) is 29.3 Å². The third-order valence-corrected chi connectivity index (χ3v) is 3.88. The molecule has 0 radical (unpaired) electrons. The summed E-state index contributed by atoms with van der Waals surface area (Å²) in [5.41, 5.74) is 4.44. The van der Waals surface area contributed by atoms with Gasteiger partial charge in [0.25, 0.3) is 0 Å². The van der Waals surface area contributed by atoms with Gasteiger partial charge in [-0.25, -0.2) is 0 Å². The molecule has 0 spiro atoms. The van der Waals surface area contributed by atoms with Crippen molar-refractivity contribution in [2.75, 3.05) is 0 Å². The lowest BCUT2D eigenvalue weighted by Gasteiger charge is -2.18. The lowest BCUT2D eigenvalue weighted by molar-refractivity contribution is 0.546. The summed E-state index contributed by atoms with van der Waals surface area (Å²) >= 11 is 15.7. The number of nitrogens with one attached hydrogen (secondary N) is 1. The summed E-state index contributed by atoms with van der Waals surface area (Å²) in [6.07, 6.45) is 2.35. The highest BCUT2D eigenvalue weighted by molar-refractivity contribution is 9.10. The zero-order valence-electron chi connectivity index (χ0n) is 9.91. The van der Waals surface area contributed by atoms with Gasteiger partial charge >= 0.3 is 0 Å². The fourth-order valence-corrected chi connectivity index (χ4v) is 2.72. The van der Waals surface area contributed by atoms with Crippen LogP contribution in [0.1, 0.15) is 17.3 Å². The minimum Gasteiger partial charge on any atom is -0.271 e. The molecule has 0 aliphatic rings. The van der Waals surface area contributed by atoms with E-state index in [-0.39, 0.29) is 6.04 Å². The molecule has 0 aliphatic heterocycles. The van der Waals surface area contributed by atoms with Gasteiger partial charge in [0, 0.05) is 38.4 Å². The Bertz CT molecular complexity index is 540. The van der Waals surface area contributed by atoms with Crippen molar-refractivity contribution >= 4 is 39.1 Å². The normalized spacial score (nSPS) is 12.4. The number of hydrazine groups is 1. The molecule has 0 amide bonds. The van der Waals surface area contributed by atoms with Crippen LogP contribution in [-0.4, -0.2) is 4.98 Å². The van der Waals surface area contributed by atoms with Gasteiger partial charge < -0.3 is 0 Å². The summed E-state index contributed by atoms with van der Waals surface area (Å²) in [5.74, 6) is 5.62. The predicted molar refractivity (Wildman–Crippen MR) is 82.2 cm³/mol. The van der Waals surface area contributed by atoms with E-state index in [1.165, 1.54) is 0 Å². The molecule has 6 heteroatoms. The highest BCUT2D eigenvalue weighted by Crippen LogP contribution is 2.31. The van der Waals surface area contributed by atoms with E-state index in [2.05, 4.69) is 26.3 Å². The van der Waals surface area contributed by atoms with Gasteiger partial charge in [-0.15, -0.1) is 0 Å². The van der Waals surface area contributed by atoms with E-state index in [0.717, 1.165) is 15.7 Å². The minimum atomic E-state index is -0.185. The summed E-state index contributed by atoms with van der Waals surface area (Å²) in [4.78, 5) is 4.32. The molecule has 1 aromatic carbocycles. The van der Waals surface area contributed by atoms with Gasteiger partial charge in [0.1, 0.15) is 0 Å². The first-order valence-corrected chi connectivity index (χ1v) is 7.17. The van der Waals surface area contributed by atoms with Gasteiger partial charge in [0.15, 0.2) is 0 Å². The van der Waals surface area contributed by atoms with Crippen LogP contribution in [0, 0.1) is 0 Å². The second-order valence-electron chi connectivity index (χ2n) is 4.03. The van der Waals surface area contributed by atoms with Crippen LogP contribution in [0.25, 0.3) is 0 Å². The fourth-order valence-electron chi connectivity index (χ4n) is 1.82. The van der Waals surface area contributed by atoms with Crippen molar-refractivity contribution in [3.05, 3.63) is 62.3 Å². The van der Waals surface area contributed by atoms with Crippen LogP contribution < -0.4 is 11.3 Å². The Morgan fingerprint density at radius 1 is 1.21 bits per heavy atom. The molecule has 3 nitrogen and oxygen atoms in total. The number of nitrogens with zero attached hydrogens (tertiary/aromatic N) is 1. The van der Waals surface area contributed by atoms with Crippen molar-refractivity contribution in [1.29, 1.82) is 0 Å². The van der Waals surface area contributed by atoms with Gasteiger partial charge in [-0.05, 0) is 40.2 Å². The predicted octanol–water partition coefficient (Wildman–Crippen LogP) is 3.90. The number of nitrogens with two attached hydrogens (primary N) is 1. The van der Waals surface area contributed by atoms with E-state index in [0.29, 0.717) is 16.5 Å². The molecule has 2 rings (SSSR count). The van der Waals surface area contributed by atoms with Gasteiger partial charge in [-0.2, -0.15) is 0 Å². The molecule has 0 bridgehead atoms. The quantitative estimate of drug-likeness (QED) is 0.642. The SMILES string of the molecule is NNC(Cc1ccc(Br)cn1)c1c(Cl)cccc1Cl. The highest BCUT2D eigenvalue weighted by Gasteiger charge is 2.17. The van der Waals surface area contributed by atoms with E-state index in [4.69, 9.17) is 29.0 Å². The average molecular weight is 361 g/mol. The zero-order chi connectivity index (χ0) is 13.8. The number of hydrogen-bond acceptors (Lipinski definition) is 3. The maximum absolute atomic E-state index is 6.19. The summed E-state index contributed by atoms with van der Waals surface area (Å²) in [6.45, 7) is 0. The molecule has 0 saturated heterocycles. The summed E-state index contributed by atoms with van der Waals surface area (Å²) < 4.78 is 0.935. The molecule has 0 aliphatic carbocycles. The molecule has 1 heterocycles. The van der Waals surface area contributed by atoms with Crippen LogP contribution >= 0.6 is 39.1 Å². The van der Waals surface area contributed by atoms with Crippen LogP contribution in [0.15, 0.2) is 41.0 Å². The standard InChI is InChI=1S/C13H12BrCl2N3/c14-8-4-5-9(18-7-8)6-12(19-17)13-10(15)2-1-3-11(13)16/h1-5,7,12,19H,6,17H2. The minimum absolute atomic E-state index is 0.185. The van der Waals surface area contributed by atoms with Gasteiger partial charge in [-0.3, -0.25) is 16.3 Å². The maximum atomic E-state index is 6.19. The average Bonchev–Trinajstić information content (AvgIpc) is 2.39. The number of halogens is 3. The number of rotatable bonds is 4. The van der Waals surface area contributed by atoms with Crippen molar-refractivity contribution in [1.82, 2.24) is 10.4 Å². The lowest BCUT2D eigenvalue weighted by atomic mass is 10.0. The van der Waals surface area contributed by atoms with Crippen LogP contribution in [0.5, 0.6) is 0 Å². The summed E-state index contributed by atoms with van der Waals surface area (Å²) in [5, 5.41) is 1.18. The van der Waals surface area contributed by atoms with Crippen LogP contribution in [-0.2, 0) is 6.42 Å². The first kappa shape index (κ1) is 14.8. The molecule has 0 saturated carbocycles. The molecule has 1 atom stereocenters. The van der Waals surface area contributed by atoms with Gasteiger partial charge in [0.05, 0.1) is 6.04 Å². The molecule has 19 heavy (non-hydrogen) atoms. The Balaban J connectivity index is 2.27. The number of pyridine rings is 1.